The average molecular weight is 287 g/mol. The smallest absolute Gasteiger partial charge is 0.194 e. The van der Waals surface area contributed by atoms with Gasteiger partial charge in [0.1, 0.15) is 0 Å². The van der Waals surface area contributed by atoms with Crippen molar-refractivity contribution in [3.05, 3.63) is 35.1 Å². The van der Waals surface area contributed by atoms with Crippen molar-refractivity contribution < 1.29 is 13.2 Å². The summed E-state index contributed by atoms with van der Waals surface area (Å²) in [5, 5.41) is 0. The summed E-state index contributed by atoms with van der Waals surface area (Å²) in [5.41, 5.74) is 6.16. The molecule has 0 saturated carbocycles. The highest BCUT2D eigenvalue weighted by Crippen LogP contribution is 2.24. The van der Waals surface area contributed by atoms with Gasteiger partial charge in [0.15, 0.2) is 17.5 Å². The van der Waals surface area contributed by atoms with Gasteiger partial charge in [-0.25, -0.2) is 13.2 Å². The van der Waals surface area contributed by atoms with Gasteiger partial charge >= 0.3 is 0 Å². The fourth-order valence-electron chi connectivity index (χ4n) is 2.64. The zero-order valence-corrected chi connectivity index (χ0v) is 11.6. The van der Waals surface area contributed by atoms with Gasteiger partial charge in [-0.1, -0.05) is 0 Å². The van der Waals surface area contributed by atoms with Gasteiger partial charge in [0, 0.05) is 32.2 Å². The Balaban J connectivity index is 2.23. The molecule has 6 heteroatoms. The molecule has 2 N–H and O–H groups in total. The second-order valence-corrected chi connectivity index (χ2v) is 5.24. The summed E-state index contributed by atoms with van der Waals surface area (Å²) >= 11 is 0. The first-order valence-corrected chi connectivity index (χ1v) is 6.80. The number of nitrogens with two attached hydrogens (primary N) is 1. The molecule has 1 aromatic carbocycles. The number of likely N-dealkylation sites (N-methyl/N-ethyl adjacent to an activating group) is 1. The Bertz CT molecular complexity index is 444. The normalized spacial score (nSPS) is 19.9. The van der Waals surface area contributed by atoms with Crippen LogP contribution in [-0.4, -0.2) is 49.6 Å². The van der Waals surface area contributed by atoms with Crippen LogP contribution in [0.1, 0.15) is 18.0 Å². The molecule has 0 aromatic heterocycles. The van der Waals surface area contributed by atoms with Crippen LogP contribution in [0.25, 0.3) is 0 Å². The van der Waals surface area contributed by atoms with Gasteiger partial charge in [-0.3, -0.25) is 4.90 Å². The van der Waals surface area contributed by atoms with Gasteiger partial charge in [-0.05, 0) is 37.7 Å². The molecule has 1 aromatic rings. The van der Waals surface area contributed by atoms with E-state index in [0.29, 0.717) is 5.56 Å². The lowest BCUT2D eigenvalue weighted by molar-refractivity contribution is 0.207. The first kappa shape index (κ1) is 15.3. The van der Waals surface area contributed by atoms with Crippen LogP contribution in [0.2, 0.25) is 0 Å². The Labute approximate surface area is 117 Å². The van der Waals surface area contributed by atoms with E-state index < -0.39 is 17.5 Å². The van der Waals surface area contributed by atoms with Crippen LogP contribution >= 0.6 is 0 Å². The van der Waals surface area contributed by atoms with E-state index in [-0.39, 0.29) is 12.6 Å². The number of rotatable bonds is 3. The SMILES string of the molecule is CN1CCCN(C(CN)c2cc(F)c(F)c(F)c2)CC1. The molecule has 3 nitrogen and oxygen atoms in total. The zero-order chi connectivity index (χ0) is 14.7. The van der Waals surface area contributed by atoms with Crippen molar-refractivity contribution in [2.24, 2.45) is 5.73 Å². The Morgan fingerprint density at radius 2 is 1.75 bits per heavy atom. The molecule has 1 saturated heterocycles. The highest BCUT2D eigenvalue weighted by Gasteiger charge is 2.23. The minimum Gasteiger partial charge on any atom is -0.329 e. The largest absolute Gasteiger partial charge is 0.329 e. The van der Waals surface area contributed by atoms with Crippen LogP contribution in [0.3, 0.4) is 0 Å². The second-order valence-electron chi connectivity index (χ2n) is 5.24. The average Bonchev–Trinajstić information content (AvgIpc) is 2.62. The molecular formula is C14H20F3N3. The molecule has 1 unspecified atom stereocenters. The molecule has 2 rings (SSSR count). The van der Waals surface area contributed by atoms with Gasteiger partial charge in [-0.2, -0.15) is 0 Å². The highest BCUT2D eigenvalue weighted by atomic mass is 19.2. The number of hydrogen-bond donors (Lipinski definition) is 1. The van der Waals surface area contributed by atoms with E-state index in [0.717, 1.165) is 44.7 Å². The Kier molecular flexibility index (Phi) is 5.01. The van der Waals surface area contributed by atoms with Crippen LogP contribution < -0.4 is 5.73 Å². The highest BCUT2D eigenvalue weighted by molar-refractivity contribution is 5.23. The van der Waals surface area contributed by atoms with Crippen LogP contribution in [0.15, 0.2) is 12.1 Å². The number of nitrogens with zero attached hydrogens (tertiary/aromatic N) is 2. The van der Waals surface area contributed by atoms with E-state index in [1.807, 2.05) is 7.05 Å². The summed E-state index contributed by atoms with van der Waals surface area (Å²) in [6, 6.07) is 1.81. The van der Waals surface area contributed by atoms with Crippen molar-refractivity contribution in [1.29, 1.82) is 0 Å². The van der Waals surface area contributed by atoms with Crippen molar-refractivity contribution in [1.82, 2.24) is 9.80 Å². The predicted molar refractivity (Wildman–Crippen MR) is 71.8 cm³/mol. The fraction of sp³-hybridized carbons (Fsp3) is 0.571. The Morgan fingerprint density at radius 1 is 1.10 bits per heavy atom. The molecule has 20 heavy (non-hydrogen) atoms. The molecule has 0 aliphatic carbocycles. The zero-order valence-electron chi connectivity index (χ0n) is 11.6. The molecule has 1 atom stereocenters. The first-order chi connectivity index (χ1) is 9.52. The third-order valence-corrected chi connectivity index (χ3v) is 3.81. The lowest BCUT2D eigenvalue weighted by atomic mass is 10.0. The summed E-state index contributed by atoms with van der Waals surface area (Å²) in [5.74, 6) is -3.75. The van der Waals surface area contributed by atoms with Gasteiger partial charge in [0.2, 0.25) is 0 Å². The third-order valence-electron chi connectivity index (χ3n) is 3.81. The number of hydrogen-bond acceptors (Lipinski definition) is 3. The lowest BCUT2D eigenvalue weighted by Crippen LogP contribution is -2.36. The standard InChI is InChI=1S/C14H20F3N3/c1-19-3-2-4-20(6-5-19)13(9-18)10-7-11(15)14(17)12(16)8-10/h7-8,13H,2-6,9,18H2,1H3. The summed E-state index contributed by atoms with van der Waals surface area (Å²) in [7, 11) is 2.04. The van der Waals surface area contributed by atoms with Crippen molar-refractivity contribution in [3.63, 3.8) is 0 Å². The molecule has 0 bridgehead atoms. The summed E-state index contributed by atoms with van der Waals surface area (Å²) < 4.78 is 39.8. The van der Waals surface area contributed by atoms with Crippen LogP contribution in [0, 0.1) is 17.5 Å². The van der Waals surface area contributed by atoms with Gasteiger partial charge in [-0.15, -0.1) is 0 Å². The van der Waals surface area contributed by atoms with Gasteiger partial charge in [0.05, 0.1) is 0 Å². The molecule has 1 aliphatic rings. The fourth-order valence-corrected chi connectivity index (χ4v) is 2.64. The maximum Gasteiger partial charge on any atom is 0.194 e. The molecule has 1 fully saturated rings. The molecule has 0 spiro atoms. The minimum atomic E-state index is -1.43. The maximum absolute atomic E-state index is 13.4. The van der Waals surface area contributed by atoms with E-state index in [2.05, 4.69) is 9.80 Å². The number of benzene rings is 1. The van der Waals surface area contributed by atoms with E-state index in [9.17, 15) is 13.2 Å². The van der Waals surface area contributed by atoms with E-state index in [4.69, 9.17) is 5.73 Å². The predicted octanol–water partition coefficient (Wildman–Crippen LogP) is 1.74. The Hall–Kier alpha value is -1.11. The minimum absolute atomic E-state index is 0.244. The summed E-state index contributed by atoms with van der Waals surface area (Å²) in [6.45, 7) is 3.70. The quantitative estimate of drug-likeness (QED) is 0.860. The summed E-state index contributed by atoms with van der Waals surface area (Å²) in [6.07, 6.45) is 0.971. The van der Waals surface area contributed by atoms with Gasteiger partial charge < -0.3 is 10.6 Å². The van der Waals surface area contributed by atoms with Crippen LogP contribution in [0.4, 0.5) is 13.2 Å². The topological polar surface area (TPSA) is 32.5 Å². The third kappa shape index (κ3) is 3.31. The van der Waals surface area contributed by atoms with E-state index in [1.165, 1.54) is 0 Å². The van der Waals surface area contributed by atoms with E-state index >= 15 is 0 Å². The molecule has 0 amide bonds. The monoisotopic (exact) mass is 287 g/mol. The van der Waals surface area contributed by atoms with Crippen LogP contribution in [0.5, 0.6) is 0 Å². The molecule has 112 valence electrons. The molecule has 1 heterocycles. The lowest BCUT2D eigenvalue weighted by Gasteiger charge is -2.30. The van der Waals surface area contributed by atoms with Crippen LogP contribution in [-0.2, 0) is 0 Å². The number of halogens is 3. The molecular weight excluding hydrogens is 267 g/mol. The first-order valence-electron chi connectivity index (χ1n) is 6.80. The molecule has 0 radical (unpaired) electrons. The maximum atomic E-state index is 13.4. The van der Waals surface area contributed by atoms with Crippen molar-refractivity contribution in [2.75, 3.05) is 39.8 Å². The summed E-state index contributed by atoms with van der Waals surface area (Å²) in [4.78, 5) is 4.31. The van der Waals surface area contributed by atoms with E-state index in [1.54, 1.807) is 0 Å². The van der Waals surface area contributed by atoms with Crippen molar-refractivity contribution in [2.45, 2.75) is 12.5 Å². The Morgan fingerprint density at radius 3 is 2.35 bits per heavy atom. The van der Waals surface area contributed by atoms with Gasteiger partial charge in [0.25, 0.3) is 0 Å². The molecule has 1 aliphatic heterocycles. The van der Waals surface area contributed by atoms with Crippen molar-refractivity contribution in [3.8, 4) is 0 Å². The van der Waals surface area contributed by atoms with Crippen molar-refractivity contribution >= 4 is 0 Å². The second kappa shape index (κ2) is 6.56.